The number of hydrogen-bond donors (Lipinski definition) is 0. The van der Waals surface area contributed by atoms with E-state index in [1.54, 1.807) is 0 Å². The summed E-state index contributed by atoms with van der Waals surface area (Å²) in [6, 6.07) is 70.2. The van der Waals surface area contributed by atoms with Crippen molar-refractivity contribution in [3.63, 3.8) is 0 Å². The molecule has 0 saturated heterocycles. The van der Waals surface area contributed by atoms with Crippen LogP contribution in [0.25, 0.3) is 123 Å². The van der Waals surface area contributed by atoms with Crippen molar-refractivity contribution in [2.24, 2.45) is 0 Å². The van der Waals surface area contributed by atoms with Gasteiger partial charge in [0.05, 0.1) is 0 Å². The van der Waals surface area contributed by atoms with E-state index in [0.717, 1.165) is 82.8 Å². The van der Waals surface area contributed by atoms with E-state index < -0.39 is 0 Å². The number of hydrogen-bond acceptors (Lipinski definition) is 5. The molecular formula is C60H39N3O2. The van der Waals surface area contributed by atoms with E-state index in [9.17, 15) is 0 Å². The fraction of sp³-hybridized carbons (Fsp3) is 0.0500. The van der Waals surface area contributed by atoms with Crippen LogP contribution >= 0.6 is 0 Å². The highest BCUT2D eigenvalue weighted by Crippen LogP contribution is 2.50. The van der Waals surface area contributed by atoms with Gasteiger partial charge in [0.25, 0.3) is 0 Å². The molecule has 0 radical (unpaired) electrons. The van der Waals surface area contributed by atoms with Gasteiger partial charge in [-0.25, -0.2) is 15.0 Å². The third-order valence-electron chi connectivity index (χ3n) is 13.4. The summed E-state index contributed by atoms with van der Waals surface area (Å²) in [6.07, 6.45) is 0. The van der Waals surface area contributed by atoms with Crippen LogP contribution in [-0.4, -0.2) is 15.0 Å². The lowest BCUT2D eigenvalue weighted by Gasteiger charge is -2.22. The third-order valence-corrected chi connectivity index (χ3v) is 13.4. The van der Waals surface area contributed by atoms with Crippen LogP contribution in [-0.2, 0) is 5.41 Å². The number of fused-ring (bicyclic) bond motifs is 9. The highest BCUT2D eigenvalue weighted by atomic mass is 16.3. The van der Waals surface area contributed by atoms with Crippen LogP contribution in [0.4, 0.5) is 0 Å². The zero-order chi connectivity index (χ0) is 43.2. The van der Waals surface area contributed by atoms with Crippen LogP contribution in [0.3, 0.4) is 0 Å². The Morgan fingerprint density at radius 2 is 0.785 bits per heavy atom. The largest absolute Gasteiger partial charge is 0.456 e. The van der Waals surface area contributed by atoms with E-state index in [1.165, 1.54) is 33.4 Å². The summed E-state index contributed by atoms with van der Waals surface area (Å²) >= 11 is 0. The van der Waals surface area contributed by atoms with E-state index in [0.29, 0.717) is 17.5 Å². The Bertz CT molecular complexity index is 3860. The number of rotatable bonds is 6. The molecule has 0 spiro atoms. The lowest BCUT2D eigenvalue weighted by molar-refractivity contribution is 0.660. The van der Waals surface area contributed by atoms with Gasteiger partial charge in [0.15, 0.2) is 17.5 Å². The van der Waals surface area contributed by atoms with Gasteiger partial charge in [-0.2, -0.15) is 0 Å². The van der Waals surface area contributed by atoms with E-state index in [4.69, 9.17) is 23.8 Å². The molecule has 5 nitrogen and oxygen atoms in total. The van der Waals surface area contributed by atoms with Gasteiger partial charge in [-0.05, 0) is 98.1 Å². The number of benzene rings is 9. The van der Waals surface area contributed by atoms with Gasteiger partial charge in [0.2, 0.25) is 0 Å². The summed E-state index contributed by atoms with van der Waals surface area (Å²) in [5.74, 6) is 1.70. The minimum atomic E-state index is -0.0514. The fourth-order valence-corrected chi connectivity index (χ4v) is 10.1. The average Bonchev–Trinajstić information content (AvgIpc) is 4.01. The summed E-state index contributed by atoms with van der Waals surface area (Å²) < 4.78 is 12.9. The zero-order valence-corrected chi connectivity index (χ0v) is 35.7. The molecule has 0 N–H and O–H groups in total. The molecule has 3 heterocycles. The topological polar surface area (TPSA) is 65.0 Å². The molecule has 0 saturated carbocycles. The summed E-state index contributed by atoms with van der Waals surface area (Å²) in [7, 11) is 0. The molecule has 0 atom stereocenters. The Labute approximate surface area is 375 Å². The standard InChI is InChI=1S/C60H39N3O2/c1-60(2)49-21-8-6-17-43(49)44-31-29-41(35-50(44)60)38-27-25-37(26-28-38)40-30-32-52-48(34-40)56-47(20-12-24-54(56)65-52)59-62-57(42-16-10-15-39(33-42)36-13-4-3-5-14-36)61-58(63-59)46-19-11-23-53-55(46)45-18-7-9-22-51(45)64-53/h3-35H,1-2H3. The summed E-state index contributed by atoms with van der Waals surface area (Å²) in [5, 5.41) is 3.93. The lowest BCUT2D eigenvalue weighted by Crippen LogP contribution is -2.14. The maximum Gasteiger partial charge on any atom is 0.164 e. The van der Waals surface area contributed by atoms with Crippen molar-refractivity contribution in [1.82, 2.24) is 15.0 Å². The van der Waals surface area contributed by atoms with E-state index in [2.05, 4.69) is 166 Å². The maximum absolute atomic E-state index is 6.57. The van der Waals surface area contributed by atoms with Crippen molar-refractivity contribution in [3.8, 4) is 78.7 Å². The highest BCUT2D eigenvalue weighted by Gasteiger charge is 2.35. The van der Waals surface area contributed by atoms with Crippen molar-refractivity contribution in [2.45, 2.75) is 19.3 Å². The van der Waals surface area contributed by atoms with Crippen LogP contribution < -0.4 is 0 Å². The maximum atomic E-state index is 6.57. The molecule has 5 heteroatoms. The molecular weight excluding hydrogens is 795 g/mol. The summed E-state index contributed by atoms with van der Waals surface area (Å²) in [4.78, 5) is 15.8. The average molecular weight is 834 g/mol. The van der Waals surface area contributed by atoms with Crippen molar-refractivity contribution in [1.29, 1.82) is 0 Å². The molecule has 1 aliphatic rings. The van der Waals surface area contributed by atoms with Gasteiger partial charge in [0, 0.05) is 43.7 Å². The predicted octanol–water partition coefficient (Wildman–Crippen LogP) is 16.0. The van der Waals surface area contributed by atoms with Crippen LogP contribution in [0.2, 0.25) is 0 Å². The molecule has 9 aromatic carbocycles. The van der Waals surface area contributed by atoms with Gasteiger partial charge in [-0.15, -0.1) is 0 Å². The number of furan rings is 2. The van der Waals surface area contributed by atoms with Crippen LogP contribution in [0.15, 0.2) is 209 Å². The molecule has 306 valence electrons. The van der Waals surface area contributed by atoms with Crippen LogP contribution in [0.5, 0.6) is 0 Å². The Kier molecular flexibility index (Phi) is 8.18. The second-order valence-corrected chi connectivity index (χ2v) is 17.5. The van der Waals surface area contributed by atoms with Gasteiger partial charge >= 0.3 is 0 Å². The number of para-hydroxylation sites is 1. The zero-order valence-electron chi connectivity index (χ0n) is 35.7. The molecule has 0 aliphatic heterocycles. The first-order valence-corrected chi connectivity index (χ1v) is 22.1. The Morgan fingerprint density at radius 1 is 0.308 bits per heavy atom. The molecule has 65 heavy (non-hydrogen) atoms. The fourth-order valence-electron chi connectivity index (χ4n) is 10.1. The quantitative estimate of drug-likeness (QED) is 0.167. The minimum absolute atomic E-state index is 0.0514. The van der Waals surface area contributed by atoms with Crippen LogP contribution in [0.1, 0.15) is 25.0 Å². The highest BCUT2D eigenvalue weighted by molar-refractivity contribution is 6.14. The molecule has 0 amide bonds. The van der Waals surface area contributed by atoms with E-state index in [1.807, 2.05) is 48.5 Å². The van der Waals surface area contributed by atoms with Crippen LogP contribution in [0, 0.1) is 0 Å². The van der Waals surface area contributed by atoms with E-state index >= 15 is 0 Å². The first-order chi connectivity index (χ1) is 31.9. The van der Waals surface area contributed by atoms with Crippen molar-refractivity contribution in [2.75, 3.05) is 0 Å². The smallest absolute Gasteiger partial charge is 0.164 e. The SMILES string of the molecule is CC1(C)c2ccccc2-c2ccc(-c3ccc(-c4ccc5oc6cccc(-c7nc(-c8cccc(-c9ccccc9)c8)nc(-c8cccc9oc%10ccccc%10c89)n7)c6c5c4)cc3)cc21. The number of aromatic nitrogens is 3. The minimum Gasteiger partial charge on any atom is -0.456 e. The normalized spacial score (nSPS) is 12.9. The molecule has 1 aliphatic carbocycles. The van der Waals surface area contributed by atoms with Gasteiger partial charge in [0.1, 0.15) is 22.3 Å². The van der Waals surface area contributed by atoms with Gasteiger partial charge < -0.3 is 8.83 Å². The van der Waals surface area contributed by atoms with Crippen molar-refractivity contribution < 1.29 is 8.83 Å². The molecule has 0 bridgehead atoms. The Hall–Kier alpha value is -8.41. The Morgan fingerprint density at radius 3 is 1.54 bits per heavy atom. The van der Waals surface area contributed by atoms with Gasteiger partial charge in [-0.1, -0.05) is 172 Å². The molecule has 0 fully saturated rings. The second-order valence-electron chi connectivity index (χ2n) is 17.5. The Balaban J connectivity index is 0.939. The first kappa shape index (κ1) is 37.2. The molecule has 12 aromatic rings. The summed E-state index contributed by atoms with van der Waals surface area (Å²) in [5.41, 5.74) is 18.0. The monoisotopic (exact) mass is 833 g/mol. The first-order valence-electron chi connectivity index (χ1n) is 22.1. The lowest BCUT2D eigenvalue weighted by atomic mass is 9.81. The van der Waals surface area contributed by atoms with Crippen molar-refractivity contribution in [3.05, 3.63) is 211 Å². The molecule has 3 aromatic heterocycles. The predicted molar refractivity (Wildman–Crippen MR) is 265 cm³/mol. The van der Waals surface area contributed by atoms with Gasteiger partial charge in [-0.3, -0.25) is 0 Å². The number of nitrogens with zero attached hydrogens (tertiary/aromatic N) is 3. The third kappa shape index (κ3) is 5.97. The summed E-state index contributed by atoms with van der Waals surface area (Å²) in [6.45, 7) is 4.66. The van der Waals surface area contributed by atoms with E-state index in [-0.39, 0.29) is 5.41 Å². The van der Waals surface area contributed by atoms with Crippen molar-refractivity contribution >= 4 is 43.9 Å². The molecule has 0 unspecified atom stereocenters. The second kappa shape index (κ2) is 14.3. The molecule has 13 rings (SSSR count).